The van der Waals surface area contributed by atoms with E-state index in [4.69, 9.17) is 0 Å². The molecule has 1 heterocycles. The molecule has 4 heteroatoms. The number of aromatic nitrogens is 2. The summed E-state index contributed by atoms with van der Waals surface area (Å²) in [7, 11) is 1.98. The molecule has 3 rings (SSSR count). The first-order valence-electron chi connectivity index (χ1n) is 7.62. The van der Waals surface area contributed by atoms with Crippen LogP contribution in [-0.2, 0) is 13.6 Å². The van der Waals surface area contributed by atoms with Gasteiger partial charge in [-0.25, -0.2) is 9.37 Å². The molecule has 0 saturated heterocycles. The topological polar surface area (TPSA) is 29.9 Å². The first-order valence-corrected chi connectivity index (χ1v) is 7.62. The largest absolute Gasteiger partial charge is 0.352 e. The van der Waals surface area contributed by atoms with Crippen molar-refractivity contribution in [1.29, 1.82) is 0 Å². The molecule has 23 heavy (non-hydrogen) atoms. The molecule has 0 aliphatic heterocycles. The second-order valence-corrected chi connectivity index (χ2v) is 5.81. The Kier molecular flexibility index (Phi) is 4.15. The highest BCUT2D eigenvalue weighted by Gasteiger charge is 2.09. The number of imidazole rings is 1. The van der Waals surface area contributed by atoms with Gasteiger partial charge in [0, 0.05) is 19.2 Å². The van der Waals surface area contributed by atoms with E-state index >= 15 is 0 Å². The third-order valence-electron chi connectivity index (χ3n) is 4.13. The Balaban J connectivity index is 1.80. The van der Waals surface area contributed by atoms with Gasteiger partial charge in [0.25, 0.3) is 0 Å². The summed E-state index contributed by atoms with van der Waals surface area (Å²) in [5, 5.41) is 3.26. The van der Waals surface area contributed by atoms with Gasteiger partial charge in [0.05, 0.1) is 11.9 Å². The summed E-state index contributed by atoms with van der Waals surface area (Å²) in [6.07, 6.45) is 1.86. The molecule has 1 aromatic heterocycles. The smallest absolute Gasteiger partial charge is 0.203 e. The first kappa shape index (κ1) is 15.3. The summed E-state index contributed by atoms with van der Waals surface area (Å²) in [5.41, 5.74) is 5.62. The van der Waals surface area contributed by atoms with Crippen molar-refractivity contribution < 1.29 is 4.39 Å². The van der Waals surface area contributed by atoms with E-state index in [0.29, 0.717) is 6.54 Å². The molecule has 3 nitrogen and oxygen atoms in total. The third-order valence-corrected chi connectivity index (χ3v) is 4.13. The molecule has 0 bridgehead atoms. The minimum absolute atomic E-state index is 0.222. The summed E-state index contributed by atoms with van der Waals surface area (Å²) in [6.45, 7) is 4.75. The molecule has 0 unspecified atom stereocenters. The van der Waals surface area contributed by atoms with Gasteiger partial charge in [0.2, 0.25) is 5.95 Å². The fraction of sp³-hybridized carbons (Fsp3) is 0.211. The van der Waals surface area contributed by atoms with Crippen molar-refractivity contribution in [3.8, 4) is 11.3 Å². The van der Waals surface area contributed by atoms with Crippen molar-refractivity contribution in [2.45, 2.75) is 20.4 Å². The molecule has 0 aliphatic rings. The Bertz CT molecular complexity index is 836. The minimum Gasteiger partial charge on any atom is -0.352 e. The number of nitrogens with zero attached hydrogens (tertiary/aromatic N) is 2. The van der Waals surface area contributed by atoms with E-state index in [1.807, 2.05) is 23.9 Å². The number of hydrogen-bond acceptors (Lipinski definition) is 2. The number of hydrogen-bond donors (Lipinski definition) is 1. The summed E-state index contributed by atoms with van der Waals surface area (Å²) < 4.78 is 15.2. The Morgan fingerprint density at radius 3 is 2.65 bits per heavy atom. The van der Waals surface area contributed by atoms with E-state index in [1.165, 1.54) is 23.3 Å². The summed E-state index contributed by atoms with van der Waals surface area (Å²) in [6, 6.07) is 13.0. The average Bonchev–Trinajstić information content (AvgIpc) is 2.89. The van der Waals surface area contributed by atoms with Gasteiger partial charge in [-0.2, -0.15) is 0 Å². The molecule has 118 valence electrons. The van der Waals surface area contributed by atoms with Gasteiger partial charge in [0.15, 0.2) is 0 Å². The zero-order valence-corrected chi connectivity index (χ0v) is 13.6. The van der Waals surface area contributed by atoms with Crippen LogP contribution in [0.3, 0.4) is 0 Å². The van der Waals surface area contributed by atoms with Crippen molar-refractivity contribution in [2.24, 2.45) is 7.05 Å². The van der Waals surface area contributed by atoms with Gasteiger partial charge < -0.3 is 9.88 Å². The predicted molar refractivity (Wildman–Crippen MR) is 91.8 cm³/mol. The van der Waals surface area contributed by atoms with Gasteiger partial charge in [-0.05, 0) is 48.7 Å². The third kappa shape index (κ3) is 3.26. The van der Waals surface area contributed by atoms with E-state index in [2.05, 4.69) is 42.3 Å². The van der Waals surface area contributed by atoms with E-state index < -0.39 is 0 Å². The zero-order chi connectivity index (χ0) is 16.4. The monoisotopic (exact) mass is 309 g/mol. The lowest BCUT2D eigenvalue weighted by atomic mass is 10.0. The highest BCUT2D eigenvalue weighted by molar-refractivity contribution is 5.63. The summed E-state index contributed by atoms with van der Waals surface area (Å²) in [4.78, 5) is 4.44. The van der Waals surface area contributed by atoms with Crippen LogP contribution in [0.4, 0.5) is 10.3 Å². The minimum atomic E-state index is -0.222. The maximum atomic E-state index is 13.2. The number of rotatable bonds is 4. The molecule has 1 N–H and O–H groups in total. The van der Waals surface area contributed by atoms with Crippen molar-refractivity contribution in [2.75, 3.05) is 5.32 Å². The van der Waals surface area contributed by atoms with Gasteiger partial charge in [0.1, 0.15) is 5.82 Å². The molecule has 0 radical (unpaired) electrons. The molecule has 0 spiro atoms. The Hall–Kier alpha value is -2.62. The van der Waals surface area contributed by atoms with Crippen LogP contribution >= 0.6 is 0 Å². The molecule has 0 atom stereocenters. The molecule has 3 aromatic rings. The van der Waals surface area contributed by atoms with Gasteiger partial charge in [-0.3, -0.25) is 0 Å². The molecular weight excluding hydrogens is 289 g/mol. The van der Waals surface area contributed by atoms with Crippen LogP contribution in [0.1, 0.15) is 16.7 Å². The fourth-order valence-corrected chi connectivity index (χ4v) is 2.57. The van der Waals surface area contributed by atoms with Gasteiger partial charge in [-0.15, -0.1) is 0 Å². The number of nitrogens with one attached hydrogen (secondary N) is 1. The maximum absolute atomic E-state index is 13.2. The summed E-state index contributed by atoms with van der Waals surface area (Å²) >= 11 is 0. The number of halogens is 1. The standard InChI is InChI=1S/C19H20FN3/c1-13-7-8-16(9-14(13)2)18-12-22-19(23(18)3)21-11-15-5-4-6-17(20)10-15/h4-10,12H,11H2,1-3H3,(H,21,22). The number of aryl methyl sites for hydroxylation is 2. The lowest BCUT2D eigenvalue weighted by molar-refractivity contribution is 0.626. The molecule has 0 aliphatic carbocycles. The lowest BCUT2D eigenvalue weighted by Gasteiger charge is -2.10. The SMILES string of the molecule is Cc1ccc(-c2cnc(NCc3cccc(F)c3)n2C)cc1C. The van der Waals surface area contributed by atoms with Crippen LogP contribution in [0.25, 0.3) is 11.3 Å². The fourth-order valence-electron chi connectivity index (χ4n) is 2.57. The van der Waals surface area contributed by atoms with Crippen LogP contribution in [-0.4, -0.2) is 9.55 Å². The Morgan fingerprint density at radius 1 is 1.09 bits per heavy atom. The van der Waals surface area contributed by atoms with Crippen LogP contribution in [0, 0.1) is 19.7 Å². The van der Waals surface area contributed by atoms with E-state index in [0.717, 1.165) is 22.8 Å². The van der Waals surface area contributed by atoms with Crippen molar-refractivity contribution >= 4 is 5.95 Å². The molecular formula is C19H20FN3. The van der Waals surface area contributed by atoms with Gasteiger partial charge >= 0.3 is 0 Å². The normalized spacial score (nSPS) is 10.8. The average molecular weight is 309 g/mol. The van der Waals surface area contributed by atoms with Crippen LogP contribution in [0.2, 0.25) is 0 Å². The highest BCUT2D eigenvalue weighted by atomic mass is 19.1. The molecule has 0 saturated carbocycles. The highest BCUT2D eigenvalue weighted by Crippen LogP contribution is 2.24. The quantitative estimate of drug-likeness (QED) is 0.771. The van der Waals surface area contributed by atoms with E-state index in [-0.39, 0.29) is 5.82 Å². The lowest BCUT2D eigenvalue weighted by Crippen LogP contribution is -2.06. The van der Waals surface area contributed by atoms with Crippen LogP contribution < -0.4 is 5.32 Å². The Morgan fingerprint density at radius 2 is 1.91 bits per heavy atom. The first-order chi connectivity index (χ1) is 11.0. The van der Waals surface area contributed by atoms with Crippen LogP contribution in [0.15, 0.2) is 48.7 Å². The van der Waals surface area contributed by atoms with E-state index in [9.17, 15) is 4.39 Å². The van der Waals surface area contributed by atoms with Crippen molar-refractivity contribution in [3.63, 3.8) is 0 Å². The predicted octanol–water partition coefficient (Wildman–Crippen LogP) is 4.46. The summed E-state index contributed by atoms with van der Waals surface area (Å²) in [5.74, 6) is 0.544. The number of benzene rings is 2. The van der Waals surface area contributed by atoms with Gasteiger partial charge in [-0.1, -0.05) is 24.3 Å². The second-order valence-electron chi connectivity index (χ2n) is 5.81. The van der Waals surface area contributed by atoms with Crippen LogP contribution in [0.5, 0.6) is 0 Å². The molecule has 2 aromatic carbocycles. The number of anilines is 1. The molecule has 0 amide bonds. The molecule has 0 fully saturated rings. The van der Waals surface area contributed by atoms with Crippen molar-refractivity contribution in [1.82, 2.24) is 9.55 Å². The van der Waals surface area contributed by atoms with E-state index in [1.54, 1.807) is 6.07 Å². The zero-order valence-electron chi connectivity index (χ0n) is 13.6. The van der Waals surface area contributed by atoms with Crippen molar-refractivity contribution in [3.05, 3.63) is 71.2 Å². The second kappa shape index (κ2) is 6.24. The maximum Gasteiger partial charge on any atom is 0.203 e. The Labute approximate surface area is 135 Å².